The third-order valence-corrected chi connectivity index (χ3v) is 2.46. The Morgan fingerprint density at radius 1 is 1.42 bits per heavy atom. The van der Waals surface area contributed by atoms with E-state index in [1.54, 1.807) is 4.52 Å². The first-order valence-corrected chi connectivity index (χ1v) is 5.29. The first-order chi connectivity index (χ1) is 5.81. The molecule has 0 atom stereocenters. The SMILES string of the molecule is BrCc1cccc2nc(Br)nn12. The lowest BCUT2D eigenvalue weighted by atomic mass is 10.4. The molecule has 3 nitrogen and oxygen atoms in total. The van der Waals surface area contributed by atoms with Crippen molar-refractivity contribution in [2.45, 2.75) is 5.33 Å². The van der Waals surface area contributed by atoms with Gasteiger partial charge < -0.3 is 0 Å². The lowest BCUT2D eigenvalue weighted by molar-refractivity contribution is 0.898. The van der Waals surface area contributed by atoms with Gasteiger partial charge in [0.25, 0.3) is 0 Å². The van der Waals surface area contributed by atoms with Crippen LogP contribution in [0, 0.1) is 0 Å². The van der Waals surface area contributed by atoms with Crippen LogP contribution in [0.4, 0.5) is 0 Å². The van der Waals surface area contributed by atoms with Crippen LogP contribution in [0.3, 0.4) is 0 Å². The van der Waals surface area contributed by atoms with Crippen LogP contribution >= 0.6 is 31.9 Å². The van der Waals surface area contributed by atoms with E-state index in [-0.39, 0.29) is 0 Å². The highest BCUT2D eigenvalue weighted by Crippen LogP contribution is 2.11. The van der Waals surface area contributed by atoms with E-state index in [0.29, 0.717) is 4.73 Å². The molecule has 0 radical (unpaired) electrons. The zero-order valence-corrected chi connectivity index (χ0v) is 9.21. The Bertz CT molecular complexity index is 410. The number of aromatic nitrogens is 3. The largest absolute Gasteiger partial charge is 0.218 e. The number of rotatable bonds is 1. The van der Waals surface area contributed by atoms with Crippen LogP contribution in [0.15, 0.2) is 22.9 Å². The van der Waals surface area contributed by atoms with Gasteiger partial charge in [0.05, 0.1) is 5.69 Å². The molecule has 0 saturated heterocycles. The summed E-state index contributed by atoms with van der Waals surface area (Å²) in [6, 6.07) is 5.89. The molecule has 0 spiro atoms. The van der Waals surface area contributed by atoms with E-state index in [1.165, 1.54) is 0 Å². The number of pyridine rings is 1. The Morgan fingerprint density at radius 3 is 3.00 bits per heavy atom. The second kappa shape index (κ2) is 3.14. The number of fused-ring (bicyclic) bond motifs is 1. The summed E-state index contributed by atoms with van der Waals surface area (Å²) in [5.74, 6) is 0. The van der Waals surface area contributed by atoms with Gasteiger partial charge in [-0.1, -0.05) is 22.0 Å². The van der Waals surface area contributed by atoms with Gasteiger partial charge in [0, 0.05) is 5.33 Å². The van der Waals surface area contributed by atoms with E-state index in [4.69, 9.17) is 0 Å². The maximum atomic E-state index is 4.18. The van der Waals surface area contributed by atoms with Crippen LogP contribution in [0.5, 0.6) is 0 Å². The Morgan fingerprint density at radius 2 is 2.25 bits per heavy atom. The van der Waals surface area contributed by atoms with E-state index in [9.17, 15) is 0 Å². The molecule has 0 bridgehead atoms. The van der Waals surface area contributed by atoms with Gasteiger partial charge in [-0.05, 0) is 28.1 Å². The van der Waals surface area contributed by atoms with Crippen molar-refractivity contribution in [1.29, 1.82) is 0 Å². The summed E-state index contributed by atoms with van der Waals surface area (Å²) in [5, 5.41) is 4.95. The second-order valence-electron chi connectivity index (χ2n) is 2.30. The van der Waals surface area contributed by atoms with Gasteiger partial charge in [0.15, 0.2) is 5.65 Å². The van der Waals surface area contributed by atoms with Crippen LogP contribution in [0.2, 0.25) is 0 Å². The molecule has 0 aliphatic carbocycles. The fraction of sp³-hybridized carbons (Fsp3) is 0.143. The molecule has 62 valence electrons. The van der Waals surface area contributed by atoms with Gasteiger partial charge in [0.2, 0.25) is 4.73 Å². The molecule has 0 amide bonds. The zero-order chi connectivity index (χ0) is 8.55. The molecule has 0 unspecified atom stereocenters. The summed E-state index contributed by atoms with van der Waals surface area (Å²) in [6.07, 6.45) is 0. The van der Waals surface area contributed by atoms with Crippen molar-refractivity contribution in [2.75, 3.05) is 0 Å². The molecule has 0 aromatic carbocycles. The van der Waals surface area contributed by atoms with Crippen molar-refractivity contribution >= 4 is 37.5 Å². The first-order valence-electron chi connectivity index (χ1n) is 3.37. The van der Waals surface area contributed by atoms with Crippen molar-refractivity contribution < 1.29 is 0 Å². The summed E-state index contributed by atoms with van der Waals surface area (Å²) >= 11 is 6.61. The molecule has 0 fully saturated rings. The van der Waals surface area contributed by atoms with Gasteiger partial charge in [0.1, 0.15) is 0 Å². The molecular formula is C7H5Br2N3. The molecule has 2 aromatic heterocycles. The standard InChI is InChI=1S/C7H5Br2N3/c8-4-5-2-1-3-6-10-7(9)11-12(5)6/h1-3H,4H2. The van der Waals surface area contributed by atoms with Gasteiger partial charge >= 0.3 is 0 Å². The third kappa shape index (κ3) is 1.27. The Kier molecular flexibility index (Phi) is 2.14. The van der Waals surface area contributed by atoms with Crippen LogP contribution in [0.1, 0.15) is 5.69 Å². The summed E-state index contributed by atoms with van der Waals surface area (Å²) in [5.41, 5.74) is 1.95. The van der Waals surface area contributed by atoms with Gasteiger partial charge in [-0.15, -0.1) is 5.10 Å². The first kappa shape index (κ1) is 8.19. The number of alkyl halides is 1. The predicted octanol–water partition coefficient (Wildman–Crippen LogP) is 2.39. The highest BCUT2D eigenvalue weighted by atomic mass is 79.9. The van der Waals surface area contributed by atoms with Crippen molar-refractivity contribution in [2.24, 2.45) is 0 Å². The number of hydrogen-bond acceptors (Lipinski definition) is 2. The highest BCUT2D eigenvalue weighted by molar-refractivity contribution is 9.10. The average molecular weight is 291 g/mol. The summed E-state index contributed by atoms with van der Waals surface area (Å²) in [4.78, 5) is 4.17. The third-order valence-electron chi connectivity index (χ3n) is 1.55. The number of nitrogens with zero attached hydrogens (tertiary/aromatic N) is 3. The minimum absolute atomic E-state index is 0.621. The van der Waals surface area contributed by atoms with Crippen LogP contribution < -0.4 is 0 Å². The minimum atomic E-state index is 0.621. The molecular weight excluding hydrogens is 286 g/mol. The van der Waals surface area contributed by atoms with Crippen molar-refractivity contribution in [3.8, 4) is 0 Å². The minimum Gasteiger partial charge on any atom is -0.216 e. The molecule has 0 saturated carbocycles. The fourth-order valence-electron chi connectivity index (χ4n) is 1.03. The topological polar surface area (TPSA) is 30.2 Å². The summed E-state index contributed by atoms with van der Waals surface area (Å²) in [6.45, 7) is 0. The smallest absolute Gasteiger partial charge is 0.216 e. The average Bonchev–Trinajstić information content (AvgIpc) is 2.44. The second-order valence-corrected chi connectivity index (χ2v) is 3.57. The summed E-state index contributed by atoms with van der Waals surface area (Å²) in [7, 11) is 0. The Balaban J connectivity index is 2.78. The summed E-state index contributed by atoms with van der Waals surface area (Å²) < 4.78 is 2.43. The van der Waals surface area contributed by atoms with Gasteiger partial charge in [-0.3, -0.25) is 0 Å². The predicted molar refractivity (Wildman–Crippen MR) is 53.3 cm³/mol. The molecule has 12 heavy (non-hydrogen) atoms. The van der Waals surface area contributed by atoms with Gasteiger partial charge in [-0.25, -0.2) is 9.50 Å². The quantitative estimate of drug-likeness (QED) is 0.755. The maximum Gasteiger partial charge on any atom is 0.218 e. The van der Waals surface area contributed by atoms with Crippen LogP contribution in [0.25, 0.3) is 5.65 Å². The molecule has 2 heterocycles. The lowest BCUT2D eigenvalue weighted by Crippen LogP contribution is -1.94. The Labute approximate surface area is 86.1 Å². The normalized spacial score (nSPS) is 10.8. The zero-order valence-electron chi connectivity index (χ0n) is 6.04. The van der Waals surface area contributed by atoms with Crippen LogP contribution in [-0.2, 0) is 5.33 Å². The molecule has 5 heteroatoms. The van der Waals surface area contributed by atoms with Crippen molar-refractivity contribution in [3.63, 3.8) is 0 Å². The molecule has 0 aliphatic heterocycles. The Hall–Kier alpha value is -0.420. The monoisotopic (exact) mass is 289 g/mol. The van der Waals surface area contributed by atoms with E-state index >= 15 is 0 Å². The number of hydrogen-bond donors (Lipinski definition) is 0. The van der Waals surface area contributed by atoms with Crippen molar-refractivity contribution in [3.05, 3.63) is 28.6 Å². The molecule has 2 rings (SSSR count). The van der Waals surface area contributed by atoms with E-state index in [1.807, 2.05) is 18.2 Å². The number of halogens is 2. The lowest BCUT2D eigenvalue weighted by Gasteiger charge is -1.96. The van der Waals surface area contributed by atoms with Crippen molar-refractivity contribution in [1.82, 2.24) is 14.6 Å². The van der Waals surface area contributed by atoms with E-state index in [2.05, 4.69) is 41.9 Å². The fourth-order valence-corrected chi connectivity index (χ4v) is 1.80. The maximum absolute atomic E-state index is 4.18. The highest BCUT2D eigenvalue weighted by Gasteiger charge is 2.02. The van der Waals surface area contributed by atoms with E-state index in [0.717, 1.165) is 16.7 Å². The van der Waals surface area contributed by atoms with Crippen LogP contribution in [-0.4, -0.2) is 14.6 Å². The van der Waals surface area contributed by atoms with Gasteiger partial charge in [-0.2, -0.15) is 0 Å². The molecule has 0 aliphatic rings. The molecule has 0 N–H and O–H groups in total. The van der Waals surface area contributed by atoms with E-state index < -0.39 is 0 Å². The molecule has 2 aromatic rings.